The van der Waals surface area contributed by atoms with Crippen molar-refractivity contribution in [3.8, 4) is 0 Å². The highest BCUT2D eigenvalue weighted by molar-refractivity contribution is 5.84. The second-order valence-corrected chi connectivity index (χ2v) is 9.56. The summed E-state index contributed by atoms with van der Waals surface area (Å²) in [5.41, 5.74) is 2.72. The van der Waals surface area contributed by atoms with E-state index < -0.39 is 0 Å². The van der Waals surface area contributed by atoms with E-state index in [1.165, 1.54) is 68.1 Å². The monoisotopic (exact) mass is 397 g/mol. The fraction of sp³-hybridized carbons (Fsp3) is 0.680. The molecule has 2 aliphatic rings. The van der Waals surface area contributed by atoms with Gasteiger partial charge in [0.2, 0.25) is 0 Å². The summed E-state index contributed by atoms with van der Waals surface area (Å²) < 4.78 is 2.54. The number of rotatable bonds is 7. The number of hydrogen-bond acceptors (Lipinski definition) is 3. The largest absolute Gasteiger partial charge is 0.395 e. The summed E-state index contributed by atoms with van der Waals surface area (Å²) in [7, 11) is 0. The molecule has 29 heavy (non-hydrogen) atoms. The molecule has 1 aliphatic heterocycles. The van der Waals surface area contributed by atoms with Crippen molar-refractivity contribution in [3.05, 3.63) is 36.0 Å². The predicted molar refractivity (Wildman–Crippen MR) is 121 cm³/mol. The zero-order valence-electron chi connectivity index (χ0n) is 18.3. The molecule has 1 saturated heterocycles. The zero-order valence-corrected chi connectivity index (χ0v) is 18.3. The standard InChI is InChI=1S/C25H39N3O/c1-19(2)20-7-9-22(10-8-20)27-14-11-23(12-15-27)28-18-21(17-26-13-16-29)24-5-3-4-6-25(24)28/h3-6,18-20,22-23,26,29H,7-17H2,1-2H3/t20-,22+. The van der Waals surface area contributed by atoms with Gasteiger partial charge in [0.25, 0.3) is 0 Å². The van der Waals surface area contributed by atoms with Gasteiger partial charge in [-0.25, -0.2) is 0 Å². The lowest BCUT2D eigenvalue weighted by Gasteiger charge is -2.42. The van der Waals surface area contributed by atoms with Gasteiger partial charge in [0, 0.05) is 55.4 Å². The molecule has 4 nitrogen and oxygen atoms in total. The van der Waals surface area contributed by atoms with Crippen LogP contribution in [-0.4, -0.2) is 46.9 Å². The Labute approximate surface area is 176 Å². The smallest absolute Gasteiger partial charge is 0.0556 e. The van der Waals surface area contributed by atoms with Crippen LogP contribution < -0.4 is 5.32 Å². The summed E-state index contributed by atoms with van der Waals surface area (Å²) in [6.45, 7) is 8.94. The molecule has 1 aliphatic carbocycles. The average molecular weight is 398 g/mol. The van der Waals surface area contributed by atoms with Crippen molar-refractivity contribution in [1.82, 2.24) is 14.8 Å². The summed E-state index contributed by atoms with van der Waals surface area (Å²) in [6, 6.07) is 10.2. The van der Waals surface area contributed by atoms with Crippen molar-refractivity contribution in [2.45, 2.75) is 71.0 Å². The SMILES string of the molecule is CC(C)[C@H]1CC[C@@H](N2CCC(n3cc(CNCCO)c4ccccc43)CC2)CC1. The number of fused-ring (bicyclic) bond motifs is 1. The number of aliphatic hydroxyl groups excluding tert-OH is 1. The van der Waals surface area contributed by atoms with Crippen LogP contribution >= 0.6 is 0 Å². The fourth-order valence-corrected chi connectivity index (χ4v) is 5.68. The number of para-hydroxylation sites is 1. The van der Waals surface area contributed by atoms with Crippen LogP contribution in [0.2, 0.25) is 0 Å². The van der Waals surface area contributed by atoms with Crippen LogP contribution in [0.5, 0.6) is 0 Å². The van der Waals surface area contributed by atoms with Gasteiger partial charge in [0.15, 0.2) is 0 Å². The second kappa shape index (κ2) is 9.63. The van der Waals surface area contributed by atoms with E-state index in [-0.39, 0.29) is 6.61 Å². The molecule has 0 spiro atoms. The maximum Gasteiger partial charge on any atom is 0.0556 e. The third kappa shape index (κ3) is 4.70. The van der Waals surface area contributed by atoms with Crippen molar-refractivity contribution in [1.29, 1.82) is 0 Å². The molecule has 2 fully saturated rings. The van der Waals surface area contributed by atoms with Crippen LogP contribution in [0.1, 0.15) is 64.0 Å². The quantitative estimate of drug-likeness (QED) is 0.672. The predicted octanol–water partition coefficient (Wildman–Crippen LogP) is 4.57. The Morgan fingerprint density at radius 2 is 1.72 bits per heavy atom. The minimum Gasteiger partial charge on any atom is -0.395 e. The highest BCUT2D eigenvalue weighted by Crippen LogP contribution is 2.35. The van der Waals surface area contributed by atoms with E-state index in [2.05, 4.69) is 59.1 Å². The number of piperidine rings is 1. The zero-order chi connectivity index (χ0) is 20.2. The molecule has 160 valence electrons. The molecule has 1 saturated carbocycles. The Hall–Kier alpha value is -1.36. The van der Waals surface area contributed by atoms with Crippen molar-refractivity contribution >= 4 is 10.9 Å². The van der Waals surface area contributed by atoms with Crippen LogP contribution in [0.4, 0.5) is 0 Å². The van der Waals surface area contributed by atoms with Crippen LogP contribution in [0.3, 0.4) is 0 Å². The average Bonchev–Trinajstić information content (AvgIpc) is 3.13. The lowest BCUT2D eigenvalue weighted by atomic mass is 9.79. The lowest BCUT2D eigenvalue weighted by Crippen LogP contribution is -2.43. The summed E-state index contributed by atoms with van der Waals surface area (Å²) in [4.78, 5) is 2.79. The Balaban J connectivity index is 1.39. The second-order valence-electron chi connectivity index (χ2n) is 9.56. The van der Waals surface area contributed by atoms with Crippen LogP contribution in [0.15, 0.2) is 30.5 Å². The molecule has 1 aromatic carbocycles. The molecular weight excluding hydrogens is 358 g/mol. The Morgan fingerprint density at radius 3 is 2.41 bits per heavy atom. The van der Waals surface area contributed by atoms with E-state index in [4.69, 9.17) is 5.11 Å². The van der Waals surface area contributed by atoms with E-state index in [0.29, 0.717) is 12.6 Å². The molecule has 2 heterocycles. The highest BCUT2D eigenvalue weighted by Gasteiger charge is 2.30. The molecule has 4 rings (SSSR count). The first-order chi connectivity index (χ1) is 14.2. The van der Waals surface area contributed by atoms with Crippen LogP contribution in [0, 0.1) is 11.8 Å². The minimum absolute atomic E-state index is 0.191. The van der Waals surface area contributed by atoms with Gasteiger partial charge in [-0.15, -0.1) is 0 Å². The Bertz CT molecular complexity index is 767. The first-order valence-electron chi connectivity index (χ1n) is 11.8. The first-order valence-corrected chi connectivity index (χ1v) is 11.8. The molecule has 2 N–H and O–H groups in total. The number of likely N-dealkylation sites (tertiary alicyclic amines) is 1. The van der Waals surface area contributed by atoms with Crippen molar-refractivity contribution in [2.75, 3.05) is 26.2 Å². The van der Waals surface area contributed by atoms with E-state index in [0.717, 1.165) is 24.4 Å². The van der Waals surface area contributed by atoms with Gasteiger partial charge in [0.05, 0.1) is 6.61 Å². The maximum absolute atomic E-state index is 9.07. The molecule has 4 heteroatoms. The van der Waals surface area contributed by atoms with E-state index >= 15 is 0 Å². The van der Waals surface area contributed by atoms with E-state index in [1.807, 2.05) is 0 Å². The van der Waals surface area contributed by atoms with E-state index in [9.17, 15) is 0 Å². The molecule has 0 amide bonds. The summed E-state index contributed by atoms with van der Waals surface area (Å²) in [5, 5.41) is 13.8. The van der Waals surface area contributed by atoms with Gasteiger partial charge < -0.3 is 19.9 Å². The van der Waals surface area contributed by atoms with Gasteiger partial charge in [-0.3, -0.25) is 0 Å². The Morgan fingerprint density at radius 1 is 1.00 bits per heavy atom. The minimum atomic E-state index is 0.191. The Kier molecular flexibility index (Phi) is 6.94. The summed E-state index contributed by atoms with van der Waals surface area (Å²) in [5.74, 6) is 1.80. The summed E-state index contributed by atoms with van der Waals surface area (Å²) >= 11 is 0. The number of nitrogens with one attached hydrogen (secondary N) is 1. The van der Waals surface area contributed by atoms with Gasteiger partial charge in [-0.2, -0.15) is 0 Å². The number of benzene rings is 1. The topological polar surface area (TPSA) is 40.4 Å². The van der Waals surface area contributed by atoms with Crippen molar-refractivity contribution in [2.24, 2.45) is 11.8 Å². The number of aromatic nitrogens is 1. The first kappa shape index (κ1) is 20.9. The third-order valence-electron chi connectivity index (χ3n) is 7.52. The highest BCUT2D eigenvalue weighted by atomic mass is 16.3. The van der Waals surface area contributed by atoms with E-state index in [1.54, 1.807) is 0 Å². The van der Waals surface area contributed by atoms with Gasteiger partial charge in [-0.05, 0) is 62.0 Å². The third-order valence-corrected chi connectivity index (χ3v) is 7.52. The maximum atomic E-state index is 9.07. The molecule has 1 aromatic heterocycles. The number of aliphatic hydroxyl groups is 1. The molecule has 0 unspecified atom stereocenters. The normalized spacial score (nSPS) is 24.6. The number of nitrogens with zero attached hydrogens (tertiary/aromatic N) is 2. The van der Waals surface area contributed by atoms with Crippen LogP contribution in [0.25, 0.3) is 10.9 Å². The molecule has 0 atom stereocenters. The van der Waals surface area contributed by atoms with Gasteiger partial charge in [-0.1, -0.05) is 32.0 Å². The molecule has 2 aromatic rings. The fourth-order valence-electron chi connectivity index (χ4n) is 5.68. The van der Waals surface area contributed by atoms with Crippen molar-refractivity contribution < 1.29 is 5.11 Å². The molecule has 0 radical (unpaired) electrons. The van der Waals surface area contributed by atoms with Crippen molar-refractivity contribution in [3.63, 3.8) is 0 Å². The number of hydrogen-bond donors (Lipinski definition) is 2. The van der Waals surface area contributed by atoms with Gasteiger partial charge >= 0.3 is 0 Å². The lowest BCUT2D eigenvalue weighted by molar-refractivity contribution is 0.0894. The summed E-state index contributed by atoms with van der Waals surface area (Å²) in [6.07, 6.45) is 10.5. The van der Waals surface area contributed by atoms with Gasteiger partial charge in [0.1, 0.15) is 0 Å². The van der Waals surface area contributed by atoms with Crippen LogP contribution in [-0.2, 0) is 6.54 Å². The molecular formula is C25H39N3O. The molecule has 0 bridgehead atoms.